The van der Waals surface area contributed by atoms with Gasteiger partial charge in [-0.15, -0.1) is 11.3 Å². The van der Waals surface area contributed by atoms with Crippen LogP contribution in [0.2, 0.25) is 0 Å². The van der Waals surface area contributed by atoms with Crippen molar-refractivity contribution < 1.29 is 9.90 Å². The van der Waals surface area contributed by atoms with Crippen molar-refractivity contribution in [1.82, 2.24) is 9.88 Å². The smallest absolute Gasteiger partial charge is 0.255 e. The second-order valence-corrected chi connectivity index (χ2v) is 8.36. The number of rotatable bonds is 4. The number of aliphatic hydroxyl groups is 1. The van der Waals surface area contributed by atoms with Gasteiger partial charge in [0.1, 0.15) is 0 Å². The summed E-state index contributed by atoms with van der Waals surface area (Å²) in [5.74, 6) is 0.0309. The molecule has 3 heterocycles. The second kappa shape index (κ2) is 7.41. The molecule has 3 aromatic rings. The number of amides is 1. The summed E-state index contributed by atoms with van der Waals surface area (Å²) in [5, 5.41) is 13.5. The van der Waals surface area contributed by atoms with Gasteiger partial charge in [-0.3, -0.25) is 9.78 Å². The topological polar surface area (TPSA) is 53.4 Å². The van der Waals surface area contributed by atoms with Crippen LogP contribution in [0, 0.1) is 13.8 Å². The van der Waals surface area contributed by atoms with E-state index in [4.69, 9.17) is 0 Å². The highest BCUT2D eigenvalue weighted by atomic mass is 32.1. The van der Waals surface area contributed by atoms with Crippen LogP contribution >= 0.6 is 11.3 Å². The number of hydrogen-bond acceptors (Lipinski definition) is 4. The normalized spacial score (nSPS) is 18.2. The van der Waals surface area contributed by atoms with Gasteiger partial charge >= 0.3 is 0 Å². The van der Waals surface area contributed by atoms with Gasteiger partial charge in [-0.1, -0.05) is 18.2 Å². The Labute approximate surface area is 163 Å². The SMILES string of the molecule is Cc1ccc2cc(C(=O)N3CCC[C@@H]3C[C@@H](O)c3cccs3)c(C)nc2c1. The summed E-state index contributed by atoms with van der Waals surface area (Å²) in [7, 11) is 0. The minimum atomic E-state index is -0.512. The Morgan fingerprint density at radius 1 is 1.33 bits per heavy atom. The van der Waals surface area contributed by atoms with Crippen LogP contribution in [0.5, 0.6) is 0 Å². The molecule has 1 aromatic carbocycles. The lowest BCUT2D eigenvalue weighted by Gasteiger charge is -2.27. The maximum Gasteiger partial charge on any atom is 0.255 e. The number of hydrogen-bond donors (Lipinski definition) is 1. The Bertz CT molecular complexity index is 968. The highest BCUT2D eigenvalue weighted by molar-refractivity contribution is 7.10. The van der Waals surface area contributed by atoms with Crippen molar-refractivity contribution in [2.45, 2.75) is 45.3 Å². The lowest BCUT2D eigenvalue weighted by Crippen LogP contribution is -2.37. The van der Waals surface area contributed by atoms with Crippen LogP contribution < -0.4 is 0 Å². The monoisotopic (exact) mass is 380 g/mol. The standard InChI is InChI=1S/C22H24N2O2S/c1-14-7-8-16-12-18(15(2)23-19(16)11-14)22(26)24-9-3-5-17(24)13-20(25)21-6-4-10-27-21/h4,6-8,10-12,17,20,25H,3,5,9,13H2,1-2H3/t17-,20-/m1/s1. The molecular formula is C22H24N2O2S. The number of carbonyl (C=O) groups excluding carboxylic acids is 1. The Kier molecular flexibility index (Phi) is 4.98. The molecular weight excluding hydrogens is 356 g/mol. The van der Waals surface area contributed by atoms with Crippen LogP contribution in [-0.4, -0.2) is 33.5 Å². The molecule has 1 amide bonds. The molecule has 0 radical (unpaired) electrons. The number of fused-ring (bicyclic) bond motifs is 1. The Balaban J connectivity index is 1.58. The number of aliphatic hydroxyl groups excluding tert-OH is 1. The van der Waals surface area contributed by atoms with Crippen LogP contribution in [0.4, 0.5) is 0 Å². The zero-order chi connectivity index (χ0) is 19.0. The molecule has 1 saturated heterocycles. The average Bonchev–Trinajstić information content (AvgIpc) is 3.32. The summed E-state index contributed by atoms with van der Waals surface area (Å²) >= 11 is 1.56. The molecule has 0 unspecified atom stereocenters. The first-order valence-corrected chi connectivity index (χ1v) is 10.3. The number of likely N-dealkylation sites (tertiary alicyclic amines) is 1. The molecule has 1 N–H and O–H groups in total. The molecule has 0 aliphatic carbocycles. The number of aromatic nitrogens is 1. The molecule has 0 bridgehead atoms. The number of thiophene rings is 1. The van der Waals surface area contributed by atoms with Crippen LogP contribution in [0.25, 0.3) is 10.9 Å². The van der Waals surface area contributed by atoms with E-state index in [2.05, 4.69) is 4.98 Å². The fourth-order valence-corrected chi connectivity index (χ4v) is 4.67. The molecule has 140 valence electrons. The lowest BCUT2D eigenvalue weighted by atomic mass is 10.0. The fraction of sp³-hybridized carbons (Fsp3) is 0.364. The van der Waals surface area contributed by atoms with E-state index in [9.17, 15) is 9.90 Å². The number of pyridine rings is 1. The van der Waals surface area contributed by atoms with Gasteiger partial charge in [-0.05, 0) is 62.3 Å². The van der Waals surface area contributed by atoms with Gasteiger partial charge in [0.15, 0.2) is 0 Å². The Morgan fingerprint density at radius 2 is 2.19 bits per heavy atom. The van der Waals surface area contributed by atoms with Crippen molar-refractivity contribution in [2.75, 3.05) is 6.54 Å². The molecule has 1 aliphatic rings. The van der Waals surface area contributed by atoms with E-state index in [1.807, 2.05) is 60.5 Å². The zero-order valence-electron chi connectivity index (χ0n) is 15.7. The number of carbonyl (C=O) groups is 1. The van der Waals surface area contributed by atoms with Gasteiger partial charge < -0.3 is 10.0 Å². The first-order valence-electron chi connectivity index (χ1n) is 9.43. The van der Waals surface area contributed by atoms with E-state index >= 15 is 0 Å². The van der Waals surface area contributed by atoms with E-state index in [0.29, 0.717) is 12.0 Å². The summed E-state index contributed by atoms with van der Waals surface area (Å²) in [6.45, 7) is 4.69. The third kappa shape index (κ3) is 3.62. The third-order valence-corrected chi connectivity index (χ3v) is 6.37. The van der Waals surface area contributed by atoms with Gasteiger partial charge in [-0.2, -0.15) is 0 Å². The number of nitrogens with zero attached hydrogens (tertiary/aromatic N) is 2. The lowest BCUT2D eigenvalue weighted by molar-refractivity contribution is 0.0669. The molecule has 1 fully saturated rings. The Hall–Kier alpha value is -2.24. The van der Waals surface area contributed by atoms with Crippen molar-refractivity contribution in [3.8, 4) is 0 Å². The molecule has 4 nitrogen and oxygen atoms in total. The highest BCUT2D eigenvalue weighted by Gasteiger charge is 2.32. The number of benzene rings is 1. The van der Waals surface area contributed by atoms with Gasteiger partial charge in [0.25, 0.3) is 5.91 Å². The van der Waals surface area contributed by atoms with Crippen molar-refractivity contribution >= 4 is 28.1 Å². The summed E-state index contributed by atoms with van der Waals surface area (Å²) in [6.07, 6.45) is 1.99. The molecule has 4 rings (SSSR count). The first kappa shape index (κ1) is 18.1. The summed E-state index contributed by atoms with van der Waals surface area (Å²) in [6, 6.07) is 12.1. The largest absolute Gasteiger partial charge is 0.387 e. The van der Waals surface area contributed by atoms with Crippen molar-refractivity contribution in [2.24, 2.45) is 0 Å². The molecule has 2 aromatic heterocycles. The molecule has 2 atom stereocenters. The van der Waals surface area contributed by atoms with E-state index in [-0.39, 0.29) is 11.9 Å². The summed E-state index contributed by atoms with van der Waals surface area (Å²) in [4.78, 5) is 20.8. The minimum absolute atomic E-state index is 0.0309. The van der Waals surface area contributed by atoms with Crippen molar-refractivity contribution in [3.63, 3.8) is 0 Å². The second-order valence-electron chi connectivity index (χ2n) is 7.38. The maximum absolute atomic E-state index is 13.3. The predicted octanol–water partition coefficient (Wildman–Crippen LogP) is 4.64. The van der Waals surface area contributed by atoms with Gasteiger partial charge in [0, 0.05) is 22.8 Å². The van der Waals surface area contributed by atoms with Crippen LogP contribution in [-0.2, 0) is 0 Å². The zero-order valence-corrected chi connectivity index (χ0v) is 16.5. The van der Waals surface area contributed by atoms with E-state index in [1.165, 1.54) is 0 Å². The van der Waals surface area contributed by atoms with E-state index < -0.39 is 6.10 Å². The van der Waals surface area contributed by atoms with Crippen LogP contribution in [0.15, 0.2) is 41.8 Å². The maximum atomic E-state index is 13.3. The minimum Gasteiger partial charge on any atom is -0.387 e. The molecule has 0 spiro atoms. The highest BCUT2D eigenvalue weighted by Crippen LogP contribution is 2.31. The molecule has 5 heteroatoms. The van der Waals surface area contributed by atoms with Crippen molar-refractivity contribution in [1.29, 1.82) is 0 Å². The van der Waals surface area contributed by atoms with Crippen LogP contribution in [0.1, 0.15) is 51.9 Å². The predicted molar refractivity (Wildman–Crippen MR) is 109 cm³/mol. The Morgan fingerprint density at radius 3 is 2.96 bits per heavy atom. The molecule has 1 aliphatic heterocycles. The first-order chi connectivity index (χ1) is 13.0. The quantitative estimate of drug-likeness (QED) is 0.717. The summed E-state index contributed by atoms with van der Waals surface area (Å²) < 4.78 is 0. The average molecular weight is 381 g/mol. The molecule has 27 heavy (non-hydrogen) atoms. The van der Waals surface area contributed by atoms with Gasteiger partial charge in [-0.25, -0.2) is 0 Å². The van der Waals surface area contributed by atoms with Gasteiger partial charge in [0.05, 0.1) is 22.9 Å². The van der Waals surface area contributed by atoms with Crippen LogP contribution in [0.3, 0.4) is 0 Å². The van der Waals surface area contributed by atoms with E-state index in [0.717, 1.165) is 46.4 Å². The van der Waals surface area contributed by atoms with Crippen molar-refractivity contribution in [3.05, 3.63) is 63.5 Å². The summed E-state index contributed by atoms with van der Waals surface area (Å²) in [5.41, 5.74) is 3.53. The fourth-order valence-electron chi connectivity index (χ4n) is 3.95. The number of aryl methyl sites for hydroxylation is 2. The third-order valence-electron chi connectivity index (χ3n) is 5.40. The van der Waals surface area contributed by atoms with E-state index in [1.54, 1.807) is 11.3 Å². The van der Waals surface area contributed by atoms with Gasteiger partial charge in [0.2, 0.25) is 0 Å². The molecule has 0 saturated carbocycles.